The monoisotopic (exact) mass is 280 g/mol. The van der Waals surface area contributed by atoms with E-state index in [2.05, 4.69) is 15.5 Å². The Hall–Kier alpha value is -2.89. The molecule has 0 aliphatic rings. The van der Waals surface area contributed by atoms with E-state index in [-0.39, 0.29) is 0 Å². The molecule has 1 heterocycles. The van der Waals surface area contributed by atoms with Crippen LogP contribution in [0.2, 0.25) is 0 Å². The molecule has 0 atom stereocenters. The van der Waals surface area contributed by atoms with Crippen molar-refractivity contribution in [3.63, 3.8) is 0 Å². The van der Waals surface area contributed by atoms with E-state index in [0.717, 1.165) is 22.4 Å². The molecule has 0 bridgehead atoms. The van der Waals surface area contributed by atoms with Gasteiger partial charge in [-0.3, -0.25) is 0 Å². The van der Waals surface area contributed by atoms with Crippen molar-refractivity contribution < 1.29 is 0 Å². The second-order valence-electron chi connectivity index (χ2n) is 5.04. The van der Waals surface area contributed by atoms with E-state index in [1.54, 1.807) is 10.7 Å². The van der Waals surface area contributed by atoms with E-state index in [9.17, 15) is 0 Å². The summed E-state index contributed by atoms with van der Waals surface area (Å²) < 4.78 is 1.72. The zero-order valence-corrected chi connectivity index (χ0v) is 11.9. The largest absolute Gasteiger partial charge is 0.399 e. The maximum absolute atomic E-state index is 5.86. The van der Waals surface area contributed by atoms with E-state index in [1.807, 2.05) is 44.2 Å². The minimum Gasteiger partial charge on any atom is -0.399 e. The Morgan fingerprint density at radius 1 is 0.952 bits per heavy atom. The number of nitrogens with zero attached hydrogens (tertiary/aromatic N) is 4. The van der Waals surface area contributed by atoms with Crippen LogP contribution in [0.5, 0.6) is 0 Å². The van der Waals surface area contributed by atoms with Gasteiger partial charge in [0.25, 0.3) is 0 Å². The number of hydrogen-bond acceptors (Lipinski definition) is 5. The molecular weight excluding hydrogens is 264 g/mol. The van der Waals surface area contributed by atoms with E-state index < -0.39 is 0 Å². The Morgan fingerprint density at radius 2 is 1.57 bits per heavy atom. The van der Waals surface area contributed by atoms with E-state index in [0.29, 0.717) is 17.2 Å². The first-order valence-electron chi connectivity index (χ1n) is 6.57. The molecule has 21 heavy (non-hydrogen) atoms. The molecule has 0 fully saturated rings. The van der Waals surface area contributed by atoms with Crippen molar-refractivity contribution in [3.8, 4) is 17.1 Å². The fraction of sp³-hybridized carbons (Fsp3) is 0.133. The number of nitrogen functional groups attached to an aromatic ring is 2. The van der Waals surface area contributed by atoms with Crippen molar-refractivity contribution in [1.82, 2.24) is 20.2 Å². The maximum Gasteiger partial charge on any atom is 0.187 e. The molecule has 0 radical (unpaired) electrons. The molecular formula is C15H16N6. The van der Waals surface area contributed by atoms with Gasteiger partial charge in [0.2, 0.25) is 0 Å². The summed E-state index contributed by atoms with van der Waals surface area (Å²) in [6.45, 7) is 4.06. The summed E-state index contributed by atoms with van der Waals surface area (Å²) in [5.74, 6) is 0.617. The molecule has 0 saturated heterocycles. The quantitative estimate of drug-likeness (QED) is 0.701. The number of benzene rings is 2. The molecule has 6 heteroatoms. The highest BCUT2D eigenvalue weighted by Crippen LogP contribution is 2.26. The third-order valence-electron chi connectivity index (χ3n) is 3.36. The topological polar surface area (TPSA) is 95.6 Å². The summed E-state index contributed by atoms with van der Waals surface area (Å²) in [4.78, 5) is 0. The molecule has 0 aliphatic carbocycles. The van der Waals surface area contributed by atoms with Crippen LogP contribution in [0.15, 0.2) is 36.4 Å². The lowest BCUT2D eigenvalue weighted by Gasteiger charge is -2.11. The van der Waals surface area contributed by atoms with E-state index in [1.165, 1.54) is 0 Å². The van der Waals surface area contributed by atoms with E-state index >= 15 is 0 Å². The zero-order chi connectivity index (χ0) is 15.0. The van der Waals surface area contributed by atoms with Crippen LogP contribution in [0.3, 0.4) is 0 Å². The summed E-state index contributed by atoms with van der Waals surface area (Å²) in [6, 6.07) is 11.4. The smallest absolute Gasteiger partial charge is 0.187 e. The van der Waals surface area contributed by atoms with Gasteiger partial charge in [-0.15, -0.1) is 5.10 Å². The van der Waals surface area contributed by atoms with Crippen LogP contribution in [-0.4, -0.2) is 20.2 Å². The second kappa shape index (κ2) is 4.90. The molecule has 1 aromatic heterocycles. The van der Waals surface area contributed by atoms with Gasteiger partial charge in [-0.1, -0.05) is 18.2 Å². The van der Waals surface area contributed by atoms with Crippen molar-refractivity contribution in [2.24, 2.45) is 0 Å². The number of hydrogen-bond donors (Lipinski definition) is 2. The molecule has 3 rings (SSSR count). The van der Waals surface area contributed by atoms with Crippen LogP contribution in [-0.2, 0) is 0 Å². The summed E-state index contributed by atoms with van der Waals surface area (Å²) >= 11 is 0. The first-order chi connectivity index (χ1) is 10.1. The number of rotatable bonds is 2. The van der Waals surface area contributed by atoms with Crippen LogP contribution in [0.1, 0.15) is 11.1 Å². The Labute approximate surface area is 122 Å². The molecule has 4 N–H and O–H groups in total. The molecule has 3 aromatic rings. The van der Waals surface area contributed by atoms with Crippen LogP contribution < -0.4 is 11.5 Å². The lowest BCUT2D eigenvalue weighted by molar-refractivity contribution is 0.783. The van der Waals surface area contributed by atoms with Crippen molar-refractivity contribution in [2.75, 3.05) is 11.5 Å². The fourth-order valence-electron chi connectivity index (χ4n) is 2.46. The average Bonchev–Trinajstić information content (AvgIpc) is 2.86. The van der Waals surface area contributed by atoms with Gasteiger partial charge in [0, 0.05) is 16.9 Å². The van der Waals surface area contributed by atoms with Crippen LogP contribution >= 0.6 is 0 Å². The molecule has 0 amide bonds. The normalized spacial score (nSPS) is 10.8. The van der Waals surface area contributed by atoms with Crippen molar-refractivity contribution >= 4 is 11.4 Å². The Kier molecular flexibility index (Phi) is 3.06. The van der Waals surface area contributed by atoms with Gasteiger partial charge in [-0.2, -0.15) is 4.68 Å². The highest BCUT2D eigenvalue weighted by Gasteiger charge is 2.15. The minimum absolute atomic E-state index is 0.584. The van der Waals surface area contributed by atoms with E-state index in [4.69, 9.17) is 11.5 Å². The van der Waals surface area contributed by atoms with Crippen molar-refractivity contribution in [2.45, 2.75) is 13.8 Å². The number of anilines is 2. The third-order valence-corrected chi connectivity index (χ3v) is 3.36. The summed E-state index contributed by atoms with van der Waals surface area (Å²) in [5.41, 5.74) is 16.8. The lowest BCUT2D eigenvalue weighted by Crippen LogP contribution is -2.05. The molecule has 0 spiro atoms. The number of nitrogens with two attached hydrogens (primary N) is 2. The standard InChI is InChI=1S/C15H16N6/c1-9-4-3-5-10(2)14(9)21-15(18-19-20-21)11-6-12(16)8-13(17)7-11/h3-8H,16-17H2,1-2H3. The third kappa shape index (κ3) is 2.31. The highest BCUT2D eigenvalue weighted by molar-refractivity contribution is 5.69. The summed E-state index contributed by atoms with van der Waals surface area (Å²) in [6.07, 6.45) is 0. The van der Waals surface area contributed by atoms with Crippen LogP contribution in [0.4, 0.5) is 11.4 Å². The van der Waals surface area contributed by atoms with Gasteiger partial charge in [0.15, 0.2) is 5.82 Å². The maximum atomic E-state index is 5.86. The molecule has 0 unspecified atom stereocenters. The predicted octanol–water partition coefficient (Wildman–Crippen LogP) is 2.11. The van der Waals surface area contributed by atoms with Crippen LogP contribution in [0, 0.1) is 13.8 Å². The number of tetrazole rings is 1. The Bertz CT molecular complexity index is 765. The van der Waals surface area contributed by atoms with Crippen molar-refractivity contribution in [3.05, 3.63) is 47.5 Å². The number of para-hydroxylation sites is 1. The molecule has 2 aromatic carbocycles. The predicted molar refractivity (Wildman–Crippen MR) is 82.9 cm³/mol. The van der Waals surface area contributed by atoms with Gasteiger partial charge in [0.05, 0.1) is 5.69 Å². The number of aryl methyl sites for hydroxylation is 2. The van der Waals surface area contributed by atoms with Gasteiger partial charge in [0.1, 0.15) is 0 Å². The average molecular weight is 280 g/mol. The van der Waals surface area contributed by atoms with Gasteiger partial charge >= 0.3 is 0 Å². The minimum atomic E-state index is 0.584. The number of aromatic nitrogens is 4. The summed E-state index contributed by atoms with van der Waals surface area (Å²) in [5, 5.41) is 12.0. The fourth-order valence-corrected chi connectivity index (χ4v) is 2.46. The van der Waals surface area contributed by atoms with Crippen LogP contribution in [0.25, 0.3) is 17.1 Å². The molecule has 0 saturated carbocycles. The summed E-state index contributed by atoms with van der Waals surface area (Å²) in [7, 11) is 0. The lowest BCUT2D eigenvalue weighted by atomic mass is 10.1. The molecule has 6 nitrogen and oxygen atoms in total. The second-order valence-corrected chi connectivity index (χ2v) is 5.04. The molecule has 106 valence electrons. The first kappa shape index (κ1) is 13.1. The SMILES string of the molecule is Cc1cccc(C)c1-n1nnnc1-c1cc(N)cc(N)c1. The van der Waals surface area contributed by atoms with Gasteiger partial charge < -0.3 is 11.5 Å². The first-order valence-corrected chi connectivity index (χ1v) is 6.57. The zero-order valence-electron chi connectivity index (χ0n) is 11.9. The Morgan fingerprint density at radius 3 is 2.19 bits per heavy atom. The van der Waals surface area contributed by atoms with Gasteiger partial charge in [-0.05, 0) is 53.6 Å². The van der Waals surface area contributed by atoms with Gasteiger partial charge in [-0.25, -0.2) is 0 Å². The highest BCUT2D eigenvalue weighted by atomic mass is 15.5. The Balaban J connectivity index is 2.22. The van der Waals surface area contributed by atoms with Crippen molar-refractivity contribution in [1.29, 1.82) is 0 Å². The molecule has 0 aliphatic heterocycles.